The van der Waals surface area contributed by atoms with Crippen LogP contribution < -0.4 is 4.18 Å². The zero-order chi connectivity index (χ0) is 12.4. The molecule has 0 spiro atoms. The standard InChI is InChI=1S/C7H8O7S2/c8-6-1-3-7(4-2-6)14-16(12,13)5-15(9,10)11/h1-4,8H,5H2,(H,9,10,11). The van der Waals surface area contributed by atoms with Crippen molar-refractivity contribution in [2.45, 2.75) is 0 Å². The summed E-state index contributed by atoms with van der Waals surface area (Å²) in [4.78, 5) is 0. The monoisotopic (exact) mass is 268 g/mol. The first kappa shape index (κ1) is 12.7. The zero-order valence-corrected chi connectivity index (χ0v) is 9.40. The molecule has 2 N–H and O–H groups in total. The zero-order valence-electron chi connectivity index (χ0n) is 7.77. The lowest BCUT2D eigenvalue weighted by atomic mass is 10.3. The number of rotatable bonds is 4. The van der Waals surface area contributed by atoms with Gasteiger partial charge in [-0.1, -0.05) is 0 Å². The minimum atomic E-state index is -4.67. The Morgan fingerprint density at radius 2 is 1.56 bits per heavy atom. The molecular weight excluding hydrogens is 260 g/mol. The van der Waals surface area contributed by atoms with Crippen molar-refractivity contribution in [3.05, 3.63) is 24.3 Å². The molecule has 1 aromatic rings. The third-order valence-corrected chi connectivity index (χ3v) is 4.15. The van der Waals surface area contributed by atoms with Gasteiger partial charge in [0.25, 0.3) is 10.1 Å². The van der Waals surface area contributed by atoms with E-state index in [1.165, 1.54) is 0 Å². The van der Waals surface area contributed by atoms with Crippen LogP contribution in [0.4, 0.5) is 0 Å². The van der Waals surface area contributed by atoms with Crippen molar-refractivity contribution in [1.82, 2.24) is 0 Å². The Hall–Kier alpha value is -1.32. The minimum absolute atomic E-state index is 0.0977. The van der Waals surface area contributed by atoms with Crippen LogP contribution in [-0.4, -0.2) is 31.6 Å². The van der Waals surface area contributed by atoms with Gasteiger partial charge in [-0.25, -0.2) is 0 Å². The van der Waals surface area contributed by atoms with E-state index in [9.17, 15) is 16.8 Å². The fraction of sp³-hybridized carbons (Fsp3) is 0.143. The molecule has 0 aliphatic carbocycles. The van der Waals surface area contributed by atoms with Gasteiger partial charge < -0.3 is 9.29 Å². The number of hydrogen-bond acceptors (Lipinski definition) is 6. The number of aromatic hydroxyl groups is 1. The lowest BCUT2D eigenvalue weighted by Gasteiger charge is -2.04. The molecule has 0 atom stereocenters. The number of benzene rings is 1. The van der Waals surface area contributed by atoms with Gasteiger partial charge in [-0.3, -0.25) is 4.55 Å². The van der Waals surface area contributed by atoms with Crippen molar-refractivity contribution in [1.29, 1.82) is 0 Å². The van der Waals surface area contributed by atoms with Crippen molar-refractivity contribution in [2.75, 3.05) is 5.08 Å². The summed E-state index contributed by atoms with van der Waals surface area (Å²) >= 11 is 0. The Kier molecular flexibility index (Phi) is 3.41. The highest BCUT2D eigenvalue weighted by Gasteiger charge is 2.21. The van der Waals surface area contributed by atoms with Gasteiger partial charge in [-0.15, -0.1) is 0 Å². The van der Waals surface area contributed by atoms with E-state index in [1.54, 1.807) is 0 Å². The highest BCUT2D eigenvalue weighted by Crippen LogP contribution is 2.17. The maximum Gasteiger partial charge on any atom is 0.326 e. The van der Waals surface area contributed by atoms with Gasteiger partial charge in [0, 0.05) is 0 Å². The van der Waals surface area contributed by atoms with Crippen molar-refractivity contribution >= 4 is 20.2 Å². The van der Waals surface area contributed by atoms with Crippen LogP contribution >= 0.6 is 0 Å². The molecular formula is C7H8O7S2. The smallest absolute Gasteiger partial charge is 0.326 e. The summed E-state index contributed by atoms with van der Waals surface area (Å²) in [6, 6.07) is 4.60. The maximum absolute atomic E-state index is 11.1. The fourth-order valence-corrected chi connectivity index (χ4v) is 2.91. The number of phenols is 1. The molecule has 0 saturated carbocycles. The van der Waals surface area contributed by atoms with Crippen molar-refractivity contribution in [3.63, 3.8) is 0 Å². The molecule has 90 valence electrons. The van der Waals surface area contributed by atoms with Gasteiger partial charge in [-0.05, 0) is 24.3 Å². The summed E-state index contributed by atoms with van der Waals surface area (Å²) in [5.41, 5.74) is 0. The van der Waals surface area contributed by atoms with E-state index < -0.39 is 25.3 Å². The second-order valence-electron chi connectivity index (χ2n) is 2.83. The molecule has 9 heteroatoms. The lowest BCUT2D eigenvalue weighted by Crippen LogP contribution is -2.20. The van der Waals surface area contributed by atoms with Crippen LogP contribution in [0.3, 0.4) is 0 Å². The van der Waals surface area contributed by atoms with Gasteiger partial charge in [0.1, 0.15) is 11.5 Å². The van der Waals surface area contributed by atoms with Gasteiger partial charge >= 0.3 is 10.1 Å². The molecule has 1 aromatic carbocycles. The quantitative estimate of drug-likeness (QED) is 0.580. The van der Waals surface area contributed by atoms with Crippen LogP contribution in [0.15, 0.2) is 24.3 Å². The molecule has 0 bridgehead atoms. The first-order chi connectivity index (χ1) is 7.18. The normalized spacial score (nSPS) is 12.3. The van der Waals surface area contributed by atoms with E-state index in [0.717, 1.165) is 24.3 Å². The second-order valence-corrected chi connectivity index (χ2v) is 6.22. The minimum Gasteiger partial charge on any atom is -0.508 e. The Labute approximate surface area is 92.2 Å². The summed E-state index contributed by atoms with van der Waals surface area (Å²) in [5, 5.41) is 7.37. The maximum atomic E-state index is 11.1. The first-order valence-corrected chi connectivity index (χ1v) is 7.03. The lowest BCUT2D eigenvalue weighted by molar-refractivity contribution is 0.465. The van der Waals surface area contributed by atoms with Gasteiger partial charge in [0.05, 0.1) is 0 Å². The SMILES string of the molecule is O=S(=O)(O)CS(=O)(=O)Oc1ccc(O)cc1. The van der Waals surface area contributed by atoms with Gasteiger partial charge in [0.2, 0.25) is 5.08 Å². The highest BCUT2D eigenvalue weighted by molar-refractivity contribution is 8.03. The fourth-order valence-electron chi connectivity index (χ4n) is 0.855. The van der Waals surface area contributed by atoms with E-state index in [1.807, 2.05) is 0 Å². The summed E-state index contributed by atoms with van der Waals surface area (Å²) in [6.07, 6.45) is 0. The molecule has 0 heterocycles. The molecule has 7 nitrogen and oxygen atoms in total. The summed E-state index contributed by atoms with van der Waals surface area (Å²) in [6.45, 7) is 0. The van der Waals surface area contributed by atoms with Crippen LogP contribution in [0.5, 0.6) is 11.5 Å². The molecule has 0 saturated heterocycles. The molecule has 0 amide bonds. The van der Waals surface area contributed by atoms with E-state index in [2.05, 4.69) is 4.18 Å². The van der Waals surface area contributed by atoms with Crippen LogP contribution in [0.1, 0.15) is 0 Å². The third-order valence-electron chi connectivity index (χ3n) is 1.35. The van der Waals surface area contributed by atoms with E-state index in [0.29, 0.717) is 0 Å². The Morgan fingerprint density at radius 3 is 2.00 bits per heavy atom. The Bertz CT molecular complexity index is 555. The molecule has 0 aliphatic rings. The van der Waals surface area contributed by atoms with Gasteiger partial charge in [-0.2, -0.15) is 16.8 Å². The van der Waals surface area contributed by atoms with E-state index in [4.69, 9.17) is 9.66 Å². The molecule has 16 heavy (non-hydrogen) atoms. The molecule has 0 aliphatic heterocycles. The first-order valence-electron chi connectivity index (χ1n) is 3.84. The number of phenolic OH excluding ortho intramolecular Hbond substituents is 1. The highest BCUT2D eigenvalue weighted by atomic mass is 32.3. The van der Waals surface area contributed by atoms with E-state index >= 15 is 0 Å². The predicted molar refractivity (Wildman–Crippen MR) is 54.1 cm³/mol. The summed E-state index contributed by atoms with van der Waals surface area (Å²) in [5.74, 6) is -0.263. The molecule has 0 unspecified atom stereocenters. The average Bonchev–Trinajstić information content (AvgIpc) is 2.04. The molecule has 1 rings (SSSR count). The van der Waals surface area contributed by atoms with Gasteiger partial charge in [0.15, 0.2) is 0 Å². The van der Waals surface area contributed by atoms with Crippen molar-refractivity contribution in [2.24, 2.45) is 0 Å². The van der Waals surface area contributed by atoms with Crippen LogP contribution in [0.25, 0.3) is 0 Å². The third kappa shape index (κ3) is 4.47. The topological polar surface area (TPSA) is 118 Å². The summed E-state index contributed by atoms with van der Waals surface area (Å²) < 4.78 is 55.6. The second kappa shape index (κ2) is 4.28. The van der Waals surface area contributed by atoms with Crippen LogP contribution in [0, 0.1) is 0 Å². The van der Waals surface area contributed by atoms with Crippen molar-refractivity contribution < 1.29 is 30.7 Å². The van der Waals surface area contributed by atoms with E-state index in [-0.39, 0.29) is 11.5 Å². The van der Waals surface area contributed by atoms with Crippen molar-refractivity contribution in [3.8, 4) is 11.5 Å². The largest absolute Gasteiger partial charge is 0.508 e. The molecule has 0 radical (unpaired) electrons. The molecule has 0 aromatic heterocycles. The van der Waals surface area contributed by atoms with Crippen LogP contribution in [0.2, 0.25) is 0 Å². The Balaban J connectivity index is 2.85. The Morgan fingerprint density at radius 1 is 1.06 bits per heavy atom. The predicted octanol–water partition coefficient (Wildman–Crippen LogP) is -0.0539. The summed E-state index contributed by atoms with van der Waals surface area (Å²) in [7, 11) is -9.10. The van der Waals surface area contributed by atoms with Crippen LogP contribution in [-0.2, 0) is 20.2 Å². The number of hydrogen-bond donors (Lipinski definition) is 2. The average molecular weight is 268 g/mol. The molecule has 0 fully saturated rings.